The maximum Gasteiger partial charge on any atom is 0.290 e. The fourth-order valence-electron chi connectivity index (χ4n) is 3.10. The van der Waals surface area contributed by atoms with Gasteiger partial charge >= 0.3 is 0 Å². The molecule has 0 aromatic carbocycles. The van der Waals surface area contributed by atoms with Crippen molar-refractivity contribution < 1.29 is 14.1 Å². The van der Waals surface area contributed by atoms with Crippen molar-refractivity contribution in [1.82, 2.24) is 10.5 Å². The van der Waals surface area contributed by atoms with Crippen molar-refractivity contribution in [2.75, 3.05) is 13.2 Å². The Morgan fingerprint density at radius 3 is 2.80 bits per heavy atom. The van der Waals surface area contributed by atoms with Crippen LogP contribution >= 0.6 is 0 Å². The van der Waals surface area contributed by atoms with Crippen molar-refractivity contribution in [1.29, 1.82) is 0 Å². The number of amides is 1. The fourth-order valence-corrected chi connectivity index (χ4v) is 3.10. The van der Waals surface area contributed by atoms with Gasteiger partial charge in [0.2, 0.25) is 5.76 Å². The minimum atomic E-state index is -0.171. The molecule has 2 aliphatic rings. The highest BCUT2D eigenvalue weighted by Gasteiger charge is 2.23. The quantitative estimate of drug-likeness (QED) is 0.923. The minimum Gasteiger partial charge on any atom is -0.379 e. The van der Waals surface area contributed by atoms with Gasteiger partial charge in [0.25, 0.3) is 5.91 Å². The number of hydrogen-bond acceptors (Lipinski definition) is 4. The summed E-state index contributed by atoms with van der Waals surface area (Å²) < 4.78 is 10.6. The monoisotopic (exact) mass is 278 g/mol. The molecule has 1 aromatic heterocycles. The maximum atomic E-state index is 12.1. The largest absolute Gasteiger partial charge is 0.379 e. The molecule has 1 saturated carbocycles. The number of ether oxygens (including phenoxy) is 1. The summed E-state index contributed by atoms with van der Waals surface area (Å²) >= 11 is 0. The smallest absolute Gasteiger partial charge is 0.290 e. The third-order valence-corrected chi connectivity index (χ3v) is 4.27. The second-order valence-corrected chi connectivity index (χ2v) is 5.84. The second kappa shape index (κ2) is 6.39. The zero-order chi connectivity index (χ0) is 13.8. The van der Waals surface area contributed by atoms with Crippen LogP contribution in [0, 0.1) is 0 Å². The molecule has 20 heavy (non-hydrogen) atoms. The molecule has 1 aliphatic heterocycles. The van der Waals surface area contributed by atoms with Crippen LogP contribution in [0.3, 0.4) is 0 Å². The molecule has 1 atom stereocenters. The molecular weight excluding hydrogens is 256 g/mol. The number of aromatic nitrogens is 1. The summed E-state index contributed by atoms with van der Waals surface area (Å²) in [6, 6.07) is 1.91. The van der Waals surface area contributed by atoms with Crippen molar-refractivity contribution in [3.8, 4) is 0 Å². The fraction of sp³-hybridized carbons (Fsp3) is 0.733. The van der Waals surface area contributed by atoms with Crippen molar-refractivity contribution in [2.45, 2.75) is 56.9 Å². The predicted octanol–water partition coefficient (Wildman–Crippen LogP) is 2.63. The third kappa shape index (κ3) is 3.20. The number of nitrogens with zero attached hydrogens (tertiary/aromatic N) is 1. The summed E-state index contributed by atoms with van der Waals surface area (Å²) in [5.41, 5.74) is 0.940. The van der Waals surface area contributed by atoms with Crippen molar-refractivity contribution in [3.05, 3.63) is 17.5 Å². The number of carbonyl (C=O) groups is 1. The van der Waals surface area contributed by atoms with Crippen LogP contribution in [0.25, 0.3) is 0 Å². The van der Waals surface area contributed by atoms with E-state index in [0.29, 0.717) is 18.3 Å². The van der Waals surface area contributed by atoms with Gasteiger partial charge in [-0.3, -0.25) is 4.79 Å². The molecule has 1 unspecified atom stereocenters. The van der Waals surface area contributed by atoms with Crippen molar-refractivity contribution in [2.24, 2.45) is 0 Å². The topological polar surface area (TPSA) is 64.4 Å². The lowest BCUT2D eigenvalue weighted by Gasteiger charge is -2.22. The Morgan fingerprint density at radius 1 is 1.20 bits per heavy atom. The van der Waals surface area contributed by atoms with E-state index in [2.05, 4.69) is 10.5 Å². The Kier molecular flexibility index (Phi) is 4.35. The molecule has 2 heterocycles. The molecule has 5 heteroatoms. The number of hydrogen-bond donors (Lipinski definition) is 1. The molecule has 5 nitrogen and oxygen atoms in total. The van der Waals surface area contributed by atoms with Gasteiger partial charge in [0.05, 0.1) is 18.3 Å². The summed E-state index contributed by atoms with van der Waals surface area (Å²) in [4.78, 5) is 12.1. The van der Waals surface area contributed by atoms with Crippen LogP contribution in [0.5, 0.6) is 0 Å². The van der Waals surface area contributed by atoms with E-state index in [9.17, 15) is 4.79 Å². The summed E-state index contributed by atoms with van der Waals surface area (Å²) in [6.45, 7) is 1.38. The molecule has 0 radical (unpaired) electrons. The van der Waals surface area contributed by atoms with Gasteiger partial charge in [0, 0.05) is 18.6 Å². The molecule has 0 bridgehead atoms. The molecule has 2 fully saturated rings. The molecule has 1 N–H and O–H groups in total. The lowest BCUT2D eigenvalue weighted by molar-refractivity contribution is 0.0608. The first-order chi connectivity index (χ1) is 9.83. The highest BCUT2D eigenvalue weighted by atomic mass is 16.5. The number of nitrogens with one attached hydrogen (secondary N) is 1. The van der Waals surface area contributed by atoms with Gasteiger partial charge in [-0.2, -0.15) is 0 Å². The average Bonchev–Trinajstić information content (AvgIpc) is 2.99. The van der Waals surface area contributed by atoms with Gasteiger partial charge in [-0.1, -0.05) is 24.4 Å². The Labute approximate surface area is 119 Å². The van der Waals surface area contributed by atoms with Crippen LogP contribution in [0.2, 0.25) is 0 Å². The molecule has 3 rings (SSSR count). The molecule has 110 valence electrons. The summed E-state index contributed by atoms with van der Waals surface area (Å²) in [5.74, 6) is 0.623. The van der Waals surface area contributed by atoms with E-state index < -0.39 is 0 Å². The minimum absolute atomic E-state index is 0.0967. The first-order valence-corrected chi connectivity index (χ1v) is 7.68. The predicted molar refractivity (Wildman–Crippen MR) is 73.6 cm³/mol. The van der Waals surface area contributed by atoms with Gasteiger partial charge in [0.15, 0.2) is 0 Å². The van der Waals surface area contributed by atoms with E-state index in [1.807, 2.05) is 6.07 Å². The summed E-state index contributed by atoms with van der Waals surface area (Å²) in [5, 5.41) is 7.04. The summed E-state index contributed by atoms with van der Waals surface area (Å²) in [7, 11) is 0. The Balaban J connectivity index is 1.58. The lowest BCUT2D eigenvalue weighted by atomic mass is 9.87. The SMILES string of the molecule is O=C(NC1CCCOC1)c1cc(C2CCCCC2)no1. The molecule has 1 aromatic rings. The molecular formula is C15H22N2O3. The number of carbonyl (C=O) groups excluding carboxylic acids is 1. The lowest BCUT2D eigenvalue weighted by Crippen LogP contribution is -2.40. The van der Waals surface area contributed by atoms with Gasteiger partial charge in [0.1, 0.15) is 0 Å². The van der Waals surface area contributed by atoms with E-state index in [4.69, 9.17) is 9.26 Å². The van der Waals surface area contributed by atoms with Crippen LogP contribution in [-0.2, 0) is 4.74 Å². The van der Waals surface area contributed by atoms with Gasteiger partial charge in [-0.25, -0.2) is 0 Å². The Morgan fingerprint density at radius 2 is 2.05 bits per heavy atom. The van der Waals surface area contributed by atoms with Crippen LogP contribution in [0.4, 0.5) is 0 Å². The Bertz CT molecular complexity index is 446. The van der Waals surface area contributed by atoms with Crippen molar-refractivity contribution in [3.63, 3.8) is 0 Å². The van der Waals surface area contributed by atoms with Gasteiger partial charge in [-0.15, -0.1) is 0 Å². The first kappa shape index (κ1) is 13.6. The van der Waals surface area contributed by atoms with E-state index >= 15 is 0 Å². The van der Waals surface area contributed by atoms with Gasteiger partial charge < -0.3 is 14.6 Å². The van der Waals surface area contributed by atoms with Gasteiger partial charge in [-0.05, 0) is 25.7 Å². The first-order valence-electron chi connectivity index (χ1n) is 7.68. The zero-order valence-corrected chi connectivity index (χ0v) is 11.8. The average molecular weight is 278 g/mol. The molecule has 1 aliphatic carbocycles. The molecule has 1 saturated heterocycles. The van der Waals surface area contributed by atoms with Crippen LogP contribution in [0.1, 0.15) is 67.1 Å². The number of rotatable bonds is 3. The Hall–Kier alpha value is -1.36. The highest BCUT2D eigenvalue weighted by molar-refractivity contribution is 5.91. The standard InChI is InChI=1S/C15H22N2O3/c18-15(16-12-7-4-8-19-10-12)14-9-13(17-20-14)11-5-2-1-3-6-11/h9,11-12H,1-8,10H2,(H,16,18). The molecule has 1 amide bonds. The van der Waals surface area contributed by atoms with Crippen LogP contribution in [0.15, 0.2) is 10.6 Å². The second-order valence-electron chi connectivity index (χ2n) is 5.84. The normalized spacial score (nSPS) is 24.5. The molecule has 0 spiro atoms. The van der Waals surface area contributed by atoms with Crippen LogP contribution in [-0.4, -0.2) is 30.3 Å². The highest BCUT2D eigenvalue weighted by Crippen LogP contribution is 2.32. The van der Waals surface area contributed by atoms with E-state index in [1.165, 1.54) is 19.3 Å². The van der Waals surface area contributed by atoms with Crippen molar-refractivity contribution >= 4 is 5.91 Å². The van der Waals surface area contributed by atoms with E-state index in [-0.39, 0.29) is 11.9 Å². The van der Waals surface area contributed by atoms with E-state index in [1.54, 1.807) is 0 Å². The third-order valence-electron chi connectivity index (χ3n) is 4.27. The maximum absolute atomic E-state index is 12.1. The zero-order valence-electron chi connectivity index (χ0n) is 11.8. The van der Waals surface area contributed by atoms with E-state index in [0.717, 1.165) is 38.0 Å². The summed E-state index contributed by atoms with van der Waals surface area (Å²) in [6.07, 6.45) is 8.08. The van der Waals surface area contributed by atoms with Crippen LogP contribution < -0.4 is 5.32 Å².